The lowest BCUT2D eigenvalue weighted by atomic mass is 9.97. The second-order valence-electron chi connectivity index (χ2n) is 10.5. The van der Waals surface area contributed by atoms with Gasteiger partial charge in [0.05, 0.1) is 28.0 Å². The van der Waals surface area contributed by atoms with Crippen LogP contribution in [0.1, 0.15) is 42.7 Å². The lowest BCUT2D eigenvalue weighted by molar-refractivity contribution is -0.116. The normalized spacial score (nSPS) is 16.1. The molecular formula is C31H33FN6O5. The van der Waals surface area contributed by atoms with E-state index in [1.165, 1.54) is 29.9 Å². The fourth-order valence-electron chi connectivity index (χ4n) is 5.18. The van der Waals surface area contributed by atoms with Gasteiger partial charge in [0.15, 0.2) is 5.65 Å². The molecule has 0 spiro atoms. The fraction of sp³-hybridized carbons (Fsp3) is 0.323. The molecule has 11 nitrogen and oxygen atoms in total. The van der Waals surface area contributed by atoms with Gasteiger partial charge in [-0.25, -0.2) is 18.7 Å². The number of hydrogen-bond acceptors (Lipinski definition) is 9. The van der Waals surface area contributed by atoms with Gasteiger partial charge in [0.25, 0.3) is 0 Å². The number of aromatic nitrogens is 4. The van der Waals surface area contributed by atoms with Crippen molar-refractivity contribution in [3.8, 4) is 22.7 Å². The van der Waals surface area contributed by atoms with Crippen LogP contribution in [0.15, 0.2) is 54.0 Å². The molecule has 43 heavy (non-hydrogen) atoms. The van der Waals surface area contributed by atoms with Crippen molar-refractivity contribution in [3.05, 3.63) is 82.3 Å². The molecule has 2 unspecified atom stereocenters. The van der Waals surface area contributed by atoms with Crippen molar-refractivity contribution in [1.82, 2.24) is 24.8 Å². The molecule has 0 saturated carbocycles. The molecule has 3 N–H and O–H groups in total. The molecule has 3 aromatic heterocycles. The van der Waals surface area contributed by atoms with Crippen molar-refractivity contribution >= 4 is 22.8 Å². The Labute approximate surface area is 247 Å². The molecule has 1 aromatic carbocycles. The third kappa shape index (κ3) is 5.58. The van der Waals surface area contributed by atoms with Gasteiger partial charge in [-0.3, -0.25) is 9.78 Å². The number of benzene rings is 1. The van der Waals surface area contributed by atoms with Crippen molar-refractivity contribution < 1.29 is 23.8 Å². The predicted molar refractivity (Wildman–Crippen MR) is 160 cm³/mol. The van der Waals surface area contributed by atoms with E-state index in [-0.39, 0.29) is 60.0 Å². The van der Waals surface area contributed by atoms with Gasteiger partial charge >= 0.3 is 5.69 Å². The van der Waals surface area contributed by atoms with Gasteiger partial charge in [-0.2, -0.15) is 4.98 Å². The van der Waals surface area contributed by atoms with Crippen LogP contribution in [0, 0.1) is 12.7 Å². The first kappa shape index (κ1) is 29.8. The standard InChI is InChI=1S/C31H33FN6O5/c1-6-23(39)33-12-13-35-29-19-14-17(4)26-24-20(32)8-7-9-21(24)43-15-22(42-5)28(40)18-10-11-34-25(16(2)3)27(18)38(30(19)36-26)31(41)37-29/h6-11,14,16,22,28,40H,1,12-13,15H2,2-5H3,(H,33,39)(H,35,37,41). The Kier molecular flexibility index (Phi) is 8.51. The number of aliphatic hydroxyl groups is 1. The molecule has 4 aromatic rings. The summed E-state index contributed by atoms with van der Waals surface area (Å²) in [5.74, 6) is -0.622. The smallest absolute Gasteiger partial charge is 0.355 e. The molecule has 2 bridgehead atoms. The Morgan fingerprint density at radius 2 is 2.09 bits per heavy atom. The van der Waals surface area contributed by atoms with Gasteiger partial charge in [-0.1, -0.05) is 26.5 Å². The first-order valence-electron chi connectivity index (χ1n) is 13.9. The van der Waals surface area contributed by atoms with Crippen molar-refractivity contribution in [2.45, 2.75) is 38.9 Å². The number of anilines is 1. The quantitative estimate of drug-likeness (QED) is 0.218. The maximum Gasteiger partial charge on any atom is 0.355 e. The highest BCUT2D eigenvalue weighted by molar-refractivity contribution is 5.91. The summed E-state index contributed by atoms with van der Waals surface area (Å²) in [6.45, 7) is 9.45. The SMILES string of the molecule is C=CC(=O)NCCNc1nc(=O)n2c3nc(c(C)cc13)-c1c(F)cccc1OCC(OC)C(O)c1ccnc(C(C)C)c1-2. The lowest BCUT2D eigenvalue weighted by Gasteiger charge is -2.28. The summed E-state index contributed by atoms with van der Waals surface area (Å²) in [6.07, 6.45) is 0.600. The summed E-state index contributed by atoms with van der Waals surface area (Å²) in [7, 11) is 1.44. The van der Waals surface area contributed by atoms with E-state index in [1.807, 2.05) is 13.8 Å². The number of methoxy groups -OCH3 is 1. The number of pyridine rings is 2. The zero-order valence-electron chi connectivity index (χ0n) is 24.3. The average Bonchev–Trinajstić information content (AvgIpc) is 2.98. The lowest BCUT2D eigenvalue weighted by Crippen LogP contribution is -2.32. The number of halogens is 1. The number of carbonyl (C=O) groups is 1. The number of ether oxygens (including phenoxy) is 2. The number of amides is 1. The number of hydrogen-bond donors (Lipinski definition) is 3. The van der Waals surface area contributed by atoms with E-state index in [0.29, 0.717) is 27.9 Å². The van der Waals surface area contributed by atoms with Crippen molar-refractivity contribution in [1.29, 1.82) is 0 Å². The zero-order valence-corrected chi connectivity index (χ0v) is 24.3. The molecule has 12 heteroatoms. The minimum Gasteiger partial charge on any atom is -0.490 e. The van der Waals surface area contributed by atoms with Gasteiger partial charge in [0.2, 0.25) is 5.91 Å². The number of carbonyl (C=O) groups excluding carboxylic acids is 1. The van der Waals surface area contributed by atoms with Gasteiger partial charge in [-0.05, 0) is 48.7 Å². The third-order valence-electron chi connectivity index (χ3n) is 7.30. The van der Waals surface area contributed by atoms with E-state index in [9.17, 15) is 14.7 Å². The van der Waals surface area contributed by atoms with E-state index in [1.54, 1.807) is 31.3 Å². The Balaban J connectivity index is 1.87. The number of nitrogens with one attached hydrogen (secondary N) is 2. The first-order valence-corrected chi connectivity index (χ1v) is 13.9. The molecular weight excluding hydrogens is 555 g/mol. The van der Waals surface area contributed by atoms with Gasteiger partial charge < -0.3 is 25.2 Å². The van der Waals surface area contributed by atoms with Crippen LogP contribution in [0.5, 0.6) is 5.75 Å². The number of rotatable bonds is 7. The predicted octanol–water partition coefficient (Wildman–Crippen LogP) is 3.57. The molecule has 0 radical (unpaired) electrons. The van der Waals surface area contributed by atoms with Crippen LogP contribution in [0.3, 0.4) is 0 Å². The number of aliphatic hydroxyl groups excluding tert-OH is 1. The molecule has 0 aliphatic carbocycles. The molecule has 5 rings (SSSR count). The summed E-state index contributed by atoms with van der Waals surface area (Å²) in [6, 6.07) is 7.85. The van der Waals surface area contributed by atoms with Crippen LogP contribution >= 0.6 is 0 Å². The first-order chi connectivity index (χ1) is 20.7. The topological polar surface area (TPSA) is 140 Å². The van der Waals surface area contributed by atoms with Crippen molar-refractivity contribution in [3.63, 3.8) is 0 Å². The minimum absolute atomic E-state index is 0.111. The summed E-state index contributed by atoms with van der Waals surface area (Å²) in [4.78, 5) is 39.4. The summed E-state index contributed by atoms with van der Waals surface area (Å²) in [5.41, 5.74) is 1.69. The molecule has 1 aliphatic rings. The van der Waals surface area contributed by atoms with Crippen molar-refractivity contribution in [2.75, 3.05) is 32.1 Å². The van der Waals surface area contributed by atoms with Crippen LogP contribution in [0.2, 0.25) is 0 Å². The summed E-state index contributed by atoms with van der Waals surface area (Å²) < 4.78 is 28.5. The van der Waals surface area contributed by atoms with E-state index in [4.69, 9.17) is 14.5 Å². The van der Waals surface area contributed by atoms with Crippen molar-refractivity contribution in [2.24, 2.45) is 0 Å². The Hall–Kier alpha value is -4.68. The van der Waals surface area contributed by atoms with Crippen LogP contribution in [-0.2, 0) is 9.53 Å². The molecule has 1 amide bonds. The minimum atomic E-state index is -1.25. The molecule has 0 saturated heterocycles. The molecule has 1 aliphatic heterocycles. The van der Waals surface area contributed by atoms with Crippen LogP contribution < -0.4 is 21.1 Å². The molecule has 0 fully saturated rings. The van der Waals surface area contributed by atoms with Crippen LogP contribution in [0.25, 0.3) is 28.0 Å². The zero-order chi connectivity index (χ0) is 30.8. The Morgan fingerprint density at radius 3 is 2.81 bits per heavy atom. The maximum atomic E-state index is 15.5. The maximum absolute atomic E-state index is 15.5. The highest BCUT2D eigenvalue weighted by Crippen LogP contribution is 2.38. The van der Waals surface area contributed by atoms with E-state index in [2.05, 4.69) is 27.2 Å². The summed E-state index contributed by atoms with van der Waals surface area (Å²) in [5, 5.41) is 17.9. The highest BCUT2D eigenvalue weighted by Gasteiger charge is 2.31. The number of nitrogens with zero attached hydrogens (tertiary/aromatic N) is 4. The fourth-order valence-corrected chi connectivity index (χ4v) is 5.18. The second kappa shape index (κ2) is 12.3. The number of aryl methyl sites for hydroxylation is 1. The highest BCUT2D eigenvalue weighted by atomic mass is 19.1. The molecule has 2 atom stereocenters. The van der Waals surface area contributed by atoms with Gasteiger partial charge in [0, 0.05) is 32.0 Å². The van der Waals surface area contributed by atoms with Gasteiger partial charge in [0.1, 0.15) is 36.2 Å². The third-order valence-corrected chi connectivity index (χ3v) is 7.30. The summed E-state index contributed by atoms with van der Waals surface area (Å²) >= 11 is 0. The average molecular weight is 589 g/mol. The molecule has 4 heterocycles. The van der Waals surface area contributed by atoms with E-state index < -0.39 is 23.7 Å². The molecule has 224 valence electrons. The Morgan fingerprint density at radius 1 is 1.30 bits per heavy atom. The van der Waals surface area contributed by atoms with Crippen LogP contribution in [-0.4, -0.2) is 63.4 Å². The van der Waals surface area contributed by atoms with Crippen LogP contribution in [0.4, 0.5) is 10.2 Å². The Bertz CT molecular complexity index is 1770. The van der Waals surface area contributed by atoms with E-state index >= 15 is 4.39 Å². The largest absolute Gasteiger partial charge is 0.490 e. The second-order valence-corrected chi connectivity index (χ2v) is 10.5. The monoisotopic (exact) mass is 588 g/mol. The van der Waals surface area contributed by atoms with Gasteiger partial charge in [-0.15, -0.1) is 0 Å². The van der Waals surface area contributed by atoms with E-state index in [0.717, 1.165) is 0 Å². The number of fused-ring (bicyclic) bond motifs is 5.